The molecule has 0 radical (unpaired) electrons. The zero-order chi connectivity index (χ0) is 12.3. The van der Waals surface area contributed by atoms with Crippen LogP contribution in [0.3, 0.4) is 0 Å². The first-order valence-electron chi connectivity index (χ1n) is 6.34. The van der Waals surface area contributed by atoms with Crippen molar-refractivity contribution >= 4 is 0 Å². The molecule has 2 aromatic rings. The molecule has 0 unspecified atom stereocenters. The molecule has 1 aromatic carbocycles. The fourth-order valence-corrected chi connectivity index (χ4v) is 2.09. The quantitative estimate of drug-likeness (QED) is 0.784. The van der Waals surface area contributed by atoms with Crippen LogP contribution in [0.2, 0.25) is 0 Å². The van der Waals surface area contributed by atoms with Crippen LogP contribution in [0, 0.1) is 6.92 Å². The summed E-state index contributed by atoms with van der Waals surface area (Å²) in [5, 5.41) is 4.64. The van der Waals surface area contributed by atoms with E-state index in [1.165, 1.54) is 22.5 Å². The first kappa shape index (κ1) is 11.9. The van der Waals surface area contributed by atoms with Crippen molar-refractivity contribution in [2.24, 2.45) is 0 Å². The van der Waals surface area contributed by atoms with E-state index >= 15 is 0 Å². The van der Waals surface area contributed by atoms with Crippen LogP contribution in [0.15, 0.2) is 30.3 Å². The second-order valence-electron chi connectivity index (χ2n) is 4.48. The van der Waals surface area contributed by atoms with Crippen molar-refractivity contribution in [1.82, 2.24) is 9.78 Å². The lowest BCUT2D eigenvalue weighted by molar-refractivity contribution is 0.640. The van der Waals surface area contributed by atoms with E-state index in [9.17, 15) is 0 Å². The normalized spacial score (nSPS) is 10.8. The van der Waals surface area contributed by atoms with E-state index in [-0.39, 0.29) is 0 Å². The van der Waals surface area contributed by atoms with Crippen LogP contribution in [-0.2, 0) is 19.4 Å². The van der Waals surface area contributed by atoms with E-state index in [1.807, 2.05) is 0 Å². The zero-order valence-electron chi connectivity index (χ0n) is 10.9. The number of rotatable bonds is 4. The summed E-state index contributed by atoms with van der Waals surface area (Å²) in [4.78, 5) is 0. The fraction of sp³-hybridized carbons (Fsp3) is 0.400. The second kappa shape index (κ2) is 5.17. The second-order valence-corrected chi connectivity index (χ2v) is 4.48. The summed E-state index contributed by atoms with van der Waals surface area (Å²) < 4.78 is 2.13. The van der Waals surface area contributed by atoms with Crippen molar-refractivity contribution in [3.63, 3.8) is 0 Å². The standard InChI is InChI=1S/C15H20N2/c1-4-14-10-15(5-2)17(16-14)11-13-8-6-7-12(3)9-13/h6-10H,4-5,11H2,1-3H3. The van der Waals surface area contributed by atoms with Crippen LogP contribution in [-0.4, -0.2) is 9.78 Å². The minimum atomic E-state index is 0.880. The third kappa shape index (κ3) is 2.76. The molecule has 0 atom stereocenters. The van der Waals surface area contributed by atoms with Gasteiger partial charge in [0.1, 0.15) is 0 Å². The Morgan fingerprint density at radius 3 is 2.59 bits per heavy atom. The molecule has 0 saturated heterocycles. The predicted octanol–water partition coefficient (Wildman–Crippen LogP) is 3.36. The monoisotopic (exact) mass is 228 g/mol. The minimum Gasteiger partial charge on any atom is -0.265 e. The molecule has 1 heterocycles. The van der Waals surface area contributed by atoms with Gasteiger partial charge in [-0.2, -0.15) is 5.10 Å². The Morgan fingerprint density at radius 1 is 1.12 bits per heavy atom. The maximum absolute atomic E-state index is 4.64. The van der Waals surface area contributed by atoms with Crippen molar-refractivity contribution in [3.05, 3.63) is 52.8 Å². The van der Waals surface area contributed by atoms with Crippen molar-refractivity contribution in [3.8, 4) is 0 Å². The van der Waals surface area contributed by atoms with Gasteiger partial charge in [0, 0.05) is 5.69 Å². The molecule has 0 fully saturated rings. The molecule has 0 bridgehead atoms. The third-order valence-electron chi connectivity index (χ3n) is 3.05. The summed E-state index contributed by atoms with van der Waals surface area (Å²) in [6.45, 7) is 7.34. The Labute approximate surface area is 103 Å². The Kier molecular flexibility index (Phi) is 3.62. The number of nitrogens with zero attached hydrogens (tertiary/aromatic N) is 2. The van der Waals surface area contributed by atoms with Gasteiger partial charge in [0.15, 0.2) is 0 Å². The molecular weight excluding hydrogens is 208 g/mol. The molecule has 17 heavy (non-hydrogen) atoms. The first-order chi connectivity index (χ1) is 8.22. The van der Waals surface area contributed by atoms with Gasteiger partial charge in [0.2, 0.25) is 0 Å². The molecule has 90 valence electrons. The molecule has 0 N–H and O–H groups in total. The molecule has 0 aliphatic rings. The Balaban J connectivity index is 2.25. The molecule has 0 amide bonds. The molecular formula is C15H20N2. The zero-order valence-corrected chi connectivity index (χ0v) is 10.9. The molecule has 2 nitrogen and oxygen atoms in total. The van der Waals surface area contributed by atoms with Gasteiger partial charge in [0.05, 0.1) is 12.2 Å². The maximum Gasteiger partial charge on any atom is 0.0662 e. The number of benzene rings is 1. The van der Waals surface area contributed by atoms with Crippen molar-refractivity contribution in [2.75, 3.05) is 0 Å². The summed E-state index contributed by atoms with van der Waals surface area (Å²) in [7, 11) is 0. The highest BCUT2D eigenvalue weighted by molar-refractivity contribution is 5.23. The molecule has 0 spiro atoms. The number of hydrogen-bond donors (Lipinski definition) is 0. The lowest BCUT2D eigenvalue weighted by atomic mass is 10.1. The van der Waals surface area contributed by atoms with Crippen LogP contribution in [0.4, 0.5) is 0 Å². The first-order valence-corrected chi connectivity index (χ1v) is 6.34. The van der Waals surface area contributed by atoms with E-state index in [0.717, 1.165) is 19.4 Å². The SMILES string of the molecule is CCc1cc(CC)n(Cc2cccc(C)c2)n1. The largest absolute Gasteiger partial charge is 0.265 e. The van der Waals surface area contributed by atoms with Gasteiger partial charge in [-0.25, -0.2) is 0 Å². The van der Waals surface area contributed by atoms with Gasteiger partial charge < -0.3 is 0 Å². The average molecular weight is 228 g/mol. The summed E-state index contributed by atoms with van der Waals surface area (Å²) in [6.07, 6.45) is 2.05. The van der Waals surface area contributed by atoms with Gasteiger partial charge in [-0.3, -0.25) is 4.68 Å². The van der Waals surface area contributed by atoms with E-state index in [1.54, 1.807) is 0 Å². The summed E-state index contributed by atoms with van der Waals surface area (Å²) in [5.74, 6) is 0. The molecule has 0 aliphatic carbocycles. The maximum atomic E-state index is 4.64. The molecule has 1 aromatic heterocycles. The van der Waals surface area contributed by atoms with Crippen LogP contribution >= 0.6 is 0 Å². The highest BCUT2D eigenvalue weighted by Crippen LogP contribution is 2.11. The van der Waals surface area contributed by atoms with Crippen LogP contribution in [0.1, 0.15) is 36.4 Å². The van der Waals surface area contributed by atoms with Gasteiger partial charge >= 0.3 is 0 Å². The summed E-state index contributed by atoms with van der Waals surface area (Å²) in [5.41, 5.74) is 5.15. The molecule has 2 heteroatoms. The van der Waals surface area contributed by atoms with E-state index < -0.39 is 0 Å². The lowest BCUT2D eigenvalue weighted by Crippen LogP contribution is -2.06. The highest BCUT2D eigenvalue weighted by Gasteiger charge is 2.05. The molecule has 0 aliphatic heterocycles. The Bertz CT molecular complexity index is 497. The number of aryl methyl sites for hydroxylation is 3. The number of hydrogen-bond acceptors (Lipinski definition) is 1. The third-order valence-corrected chi connectivity index (χ3v) is 3.05. The Morgan fingerprint density at radius 2 is 1.94 bits per heavy atom. The highest BCUT2D eigenvalue weighted by atomic mass is 15.3. The van der Waals surface area contributed by atoms with Gasteiger partial charge in [-0.05, 0) is 31.4 Å². The van der Waals surface area contributed by atoms with E-state index in [0.29, 0.717) is 0 Å². The lowest BCUT2D eigenvalue weighted by Gasteiger charge is -2.06. The van der Waals surface area contributed by atoms with E-state index in [4.69, 9.17) is 0 Å². The Hall–Kier alpha value is -1.57. The predicted molar refractivity (Wildman–Crippen MR) is 71.3 cm³/mol. The van der Waals surface area contributed by atoms with Gasteiger partial charge in [0.25, 0.3) is 0 Å². The van der Waals surface area contributed by atoms with Crippen LogP contribution in [0.25, 0.3) is 0 Å². The fourth-order valence-electron chi connectivity index (χ4n) is 2.09. The minimum absolute atomic E-state index is 0.880. The van der Waals surface area contributed by atoms with Crippen molar-refractivity contribution in [1.29, 1.82) is 0 Å². The molecule has 2 rings (SSSR count). The summed E-state index contributed by atoms with van der Waals surface area (Å²) in [6, 6.07) is 10.9. The van der Waals surface area contributed by atoms with Crippen molar-refractivity contribution < 1.29 is 0 Å². The van der Waals surface area contributed by atoms with Gasteiger partial charge in [-0.1, -0.05) is 43.7 Å². The van der Waals surface area contributed by atoms with Crippen molar-refractivity contribution in [2.45, 2.75) is 40.2 Å². The average Bonchev–Trinajstić information content (AvgIpc) is 2.71. The topological polar surface area (TPSA) is 17.8 Å². The number of aromatic nitrogens is 2. The smallest absolute Gasteiger partial charge is 0.0662 e. The van der Waals surface area contributed by atoms with Gasteiger partial charge in [-0.15, -0.1) is 0 Å². The van der Waals surface area contributed by atoms with E-state index in [2.05, 4.69) is 60.9 Å². The van der Waals surface area contributed by atoms with Crippen LogP contribution < -0.4 is 0 Å². The summed E-state index contributed by atoms with van der Waals surface area (Å²) >= 11 is 0. The molecule has 0 saturated carbocycles. The van der Waals surface area contributed by atoms with Crippen LogP contribution in [0.5, 0.6) is 0 Å².